The van der Waals surface area contributed by atoms with Gasteiger partial charge in [-0.25, -0.2) is 4.79 Å². The molecule has 0 radical (unpaired) electrons. The van der Waals surface area contributed by atoms with Crippen LogP contribution in [0, 0.1) is 5.92 Å². The third kappa shape index (κ3) is 4.60. The minimum absolute atomic E-state index is 0.00611. The molecule has 5 rings (SSSR count). The predicted molar refractivity (Wildman–Crippen MR) is 132 cm³/mol. The lowest BCUT2D eigenvalue weighted by Crippen LogP contribution is -2.18. The van der Waals surface area contributed by atoms with E-state index in [9.17, 15) is 9.59 Å². The Morgan fingerprint density at radius 3 is 2.42 bits per heavy atom. The first kappa shape index (κ1) is 21.9. The minimum atomic E-state index is -0.307. The summed E-state index contributed by atoms with van der Waals surface area (Å²) >= 11 is 1.56. The monoisotopic (exact) mass is 459 g/mol. The number of hydrogen-bond acceptors (Lipinski definition) is 4. The van der Waals surface area contributed by atoms with Crippen LogP contribution >= 0.6 is 11.3 Å². The van der Waals surface area contributed by atoms with Crippen LogP contribution in [0.3, 0.4) is 0 Å². The number of thiophene rings is 1. The van der Waals surface area contributed by atoms with E-state index in [0.29, 0.717) is 23.1 Å². The van der Waals surface area contributed by atoms with Gasteiger partial charge in [-0.15, -0.1) is 11.3 Å². The molecule has 170 valence electrons. The van der Waals surface area contributed by atoms with Crippen molar-refractivity contribution in [3.63, 3.8) is 0 Å². The lowest BCUT2D eigenvalue weighted by atomic mass is 9.83. The minimum Gasteiger partial charge on any atom is -0.462 e. The zero-order valence-corrected chi connectivity index (χ0v) is 19.7. The Bertz CT molecular complexity index is 1140. The maximum Gasteiger partial charge on any atom is 0.341 e. The Kier molecular flexibility index (Phi) is 6.32. The van der Waals surface area contributed by atoms with Crippen molar-refractivity contribution in [1.29, 1.82) is 0 Å². The molecule has 0 bridgehead atoms. The molecule has 0 spiro atoms. The molecule has 2 aromatic carbocycles. The van der Waals surface area contributed by atoms with E-state index in [1.54, 1.807) is 11.3 Å². The molecule has 2 aliphatic rings. The molecule has 1 aromatic heterocycles. The number of ether oxygens (including phenoxy) is 1. The van der Waals surface area contributed by atoms with Crippen molar-refractivity contribution in [2.45, 2.75) is 50.9 Å². The third-order valence-electron chi connectivity index (χ3n) is 6.77. The highest BCUT2D eigenvalue weighted by Gasteiger charge is 2.44. The zero-order chi connectivity index (χ0) is 22.8. The zero-order valence-electron chi connectivity index (χ0n) is 18.9. The van der Waals surface area contributed by atoms with Crippen LogP contribution in [0.5, 0.6) is 0 Å². The lowest BCUT2D eigenvalue weighted by molar-refractivity contribution is -0.117. The van der Waals surface area contributed by atoms with Gasteiger partial charge >= 0.3 is 5.97 Å². The van der Waals surface area contributed by atoms with Crippen LogP contribution in [0.25, 0.3) is 0 Å². The summed E-state index contributed by atoms with van der Waals surface area (Å²) in [6, 6.07) is 20.7. The predicted octanol–water partition coefficient (Wildman–Crippen LogP) is 6.33. The standard InChI is InChI=1S/C28H29NO3S/c1-2-15-32-28(31)25-21-14-13-20(18-9-5-3-6-10-18)16-24(21)33-27(25)29-26(30)23-17-22(23)19-11-7-4-8-12-19/h3-12,20,22-23H,2,13-17H2,1H3,(H,29,30)/t20-,22+,23+/m0/s1. The van der Waals surface area contributed by atoms with E-state index in [1.807, 2.05) is 31.2 Å². The van der Waals surface area contributed by atoms with Gasteiger partial charge in [0.1, 0.15) is 5.00 Å². The number of carbonyl (C=O) groups excluding carboxylic acids is 2. The average Bonchev–Trinajstić information content (AvgIpc) is 3.58. The Labute approximate surface area is 199 Å². The molecule has 1 heterocycles. The summed E-state index contributed by atoms with van der Waals surface area (Å²) in [5.74, 6) is 0.359. The van der Waals surface area contributed by atoms with Crippen molar-refractivity contribution in [2.24, 2.45) is 5.92 Å². The number of esters is 1. The first-order valence-electron chi connectivity index (χ1n) is 11.9. The van der Waals surface area contributed by atoms with E-state index in [2.05, 4.69) is 41.7 Å². The normalized spacial score (nSPS) is 21.2. The summed E-state index contributed by atoms with van der Waals surface area (Å²) in [5.41, 5.74) is 4.19. The van der Waals surface area contributed by atoms with Gasteiger partial charge in [0.2, 0.25) is 5.91 Å². The summed E-state index contributed by atoms with van der Waals surface area (Å²) in [7, 11) is 0. The second-order valence-electron chi connectivity index (χ2n) is 9.04. The maximum absolute atomic E-state index is 13.1. The third-order valence-corrected chi connectivity index (χ3v) is 7.94. The fourth-order valence-corrected chi connectivity index (χ4v) is 6.24. The summed E-state index contributed by atoms with van der Waals surface area (Å²) in [6.07, 6.45) is 4.34. The van der Waals surface area contributed by atoms with Gasteiger partial charge in [-0.1, -0.05) is 67.6 Å². The number of hydrogen-bond donors (Lipinski definition) is 1. The molecular weight excluding hydrogens is 430 g/mol. The highest BCUT2D eigenvalue weighted by molar-refractivity contribution is 7.17. The molecule has 0 aliphatic heterocycles. The summed E-state index contributed by atoms with van der Waals surface area (Å²) < 4.78 is 5.52. The number of nitrogens with one attached hydrogen (secondary N) is 1. The van der Waals surface area contributed by atoms with Crippen molar-refractivity contribution in [1.82, 2.24) is 0 Å². The Hall–Kier alpha value is -2.92. The molecule has 1 N–H and O–H groups in total. The summed E-state index contributed by atoms with van der Waals surface area (Å²) in [5, 5.41) is 3.79. The number of anilines is 1. The fourth-order valence-electron chi connectivity index (χ4n) is 4.92. The van der Waals surface area contributed by atoms with Crippen molar-refractivity contribution in [2.75, 3.05) is 11.9 Å². The Morgan fingerprint density at radius 1 is 1.03 bits per heavy atom. The number of carbonyl (C=O) groups is 2. The quantitative estimate of drug-likeness (QED) is 0.420. The van der Waals surface area contributed by atoms with E-state index < -0.39 is 0 Å². The molecule has 4 nitrogen and oxygen atoms in total. The van der Waals surface area contributed by atoms with Gasteiger partial charge < -0.3 is 10.1 Å². The van der Waals surface area contributed by atoms with Crippen LogP contribution in [-0.2, 0) is 22.4 Å². The maximum atomic E-state index is 13.1. The van der Waals surface area contributed by atoms with Crippen LogP contribution in [0.1, 0.15) is 69.9 Å². The van der Waals surface area contributed by atoms with Gasteiger partial charge in [-0.05, 0) is 60.6 Å². The van der Waals surface area contributed by atoms with Crippen molar-refractivity contribution in [3.8, 4) is 0 Å². The molecule has 0 saturated heterocycles. The molecule has 2 aliphatic carbocycles. The van der Waals surface area contributed by atoms with Crippen LogP contribution < -0.4 is 5.32 Å². The lowest BCUT2D eigenvalue weighted by Gasteiger charge is -2.23. The topological polar surface area (TPSA) is 55.4 Å². The first-order chi connectivity index (χ1) is 16.2. The number of rotatable bonds is 7. The number of benzene rings is 2. The van der Waals surface area contributed by atoms with Gasteiger partial charge in [0.15, 0.2) is 0 Å². The van der Waals surface area contributed by atoms with Gasteiger partial charge in [-0.3, -0.25) is 4.79 Å². The van der Waals surface area contributed by atoms with Crippen molar-refractivity contribution in [3.05, 3.63) is 87.8 Å². The van der Waals surface area contributed by atoms with E-state index >= 15 is 0 Å². The largest absolute Gasteiger partial charge is 0.462 e. The van der Waals surface area contributed by atoms with Gasteiger partial charge in [0.05, 0.1) is 12.2 Å². The van der Waals surface area contributed by atoms with Gasteiger partial charge in [0, 0.05) is 10.8 Å². The van der Waals surface area contributed by atoms with E-state index in [4.69, 9.17) is 4.74 Å². The highest BCUT2D eigenvalue weighted by Crippen LogP contribution is 2.49. The average molecular weight is 460 g/mol. The molecule has 1 amide bonds. The molecule has 3 aromatic rings. The second-order valence-corrected chi connectivity index (χ2v) is 10.1. The molecule has 5 heteroatoms. The molecule has 1 fully saturated rings. The second kappa shape index (κ2) is 9.52. The number of amides is 1. The van der Waals surface area contributed by atoms with Gasteiger partial charge in [0.25, 0.3) is 0 Å². The summed E-state index contributed by atoms with van der Waals surface area (Å²) in [4.78, 5) is 27.3. The summed E-state index contributed by atoms with van der Waals surface area (Å²) in [6.45, 7) is 2.38. The van der Waals surface area contributed by atoms with Crippen molar-refractivity contribution < 1.29 is 14.3 Å². The molecular formula is C28H29NO3S. The smallest absolute Gasteiger partial charge is 0.341 e. The first-order valence-corrected chi connectivity index (χ1v) is 12.7. The molecule has 33 heavy (non-hydrogen) atoms. The van der Waals surface area contributed by atoms with Gasteiger partial charge in [-0.2, -0.15) is 0 Å². The Morgan fingerprint density at radius 2 is 1.73 bits per heavy atom. The van der Waals surface area contributed by atoms with E-state index in [0.717, 1.165) is 37.7 Å². The molecule has 3 atom stereocenters. The fraction of sp³-hybridized carbons (Fsp3) is 0.357. The van der Waals surface area contributed by atoms with Crippen LogP contribution in [-0.4, -0.2) is 18.5 Å². The van der Waals surface area contributed by atoms with Crippen molar-refractivity contribution >= 4 is 28.2 Å². The van der Waals surface area contributed by atoms with E-state index in [1.165, 1.54) is 16.0 Å². The SMILES string of the molecule is CCCOC(=O)c1c(NC(=O)[C@@H]2C[C@@H]2c2ccccc2)sc2c1CC[C@H](c1ccccc1)C2. The molecule has 0 unspecified atom stereocenters. The Balaban J connectivity index is 1.38. The van der Waals surface area contributed by atoms with Crippen LogP contribution in [0.15, 0.2) is 60.7 Å². The number of fused-ring (bicyclic) bond motifs is 1. The molecule has 1 saturated carbocycles. The van der Waals surface area contributed by atoms with Crippen LogP contribution in [0.4, 0.5) is 5.00 Å². The van der Waals surface area contributed by atoms with Crippen LogP contribution in [0.2, 0.25) is 0 Å². The van der Waals surface area contributed by atoms with E-state index in [-0.39, 0.29) is 23.7 Å². The highest BCUT2D eigenvalue weighted by atomic mass is 32.1.